The Hall–Kier alpha value is -0.120. The topological polar surface area (TPSA) is 55.3 Å². The first-order valence-corrected chi connectivity index (χ1v) is 6.38. The molecule has 1 aliphatic rings. The molecule has 3 nitrogen and oxygen atoms in total. The van der Waals surface area contributed by atoms with Crippen LogP contribution in [0.5, 0.6) is 0 Å². The van der Waals surface area contributed by atoms with Crippen molar-refractivity contribution in [2.24, 2.45) is 11.5 Å². The van der Waals surface area contributed by atoms with Gasteiger partial charge in [0.05, 0.1) is 0 Å². The molecule has 0 aromatic carbocycles. The van der Waals surface area contributed by atoms with E-state index in [2.05, 4.69) is 11.9 Å². The smallest absolute Gasteiger partial charge is 0.0182 e. The van der Waals surface area contributed by atoms with Gasteiger partial charge in [-0.05, 0) is 13.5 Å². The van der Waals surface area contributed by atoms with Crippen molar-refractivity contribution in [1.82, 2.24) is 4.90 Å². The predicted molar refractivity (Wildman–Crippen MR) is 72.1 cm³/mol. The molecule has 2 unspecified atom stereocenters. The second-order valence-electron chi connectivity index (χ2n) is 2.98. The highest BCUT2D eigenvalue weighted by molar-refractivity contribution is 4.81. The fraction of sp³-hybridized carbons (Fsp3) is 1.00. The van der Waals surface area contributed by atoms with Gasteiger partial charge >= 0.3 is 0 Å². The van der Waals surface area contributed by atoms with E-state index in [0.29, 0.717) is 12.1 Å². The van der Waals surface area contributed by atoms with Gasteiger partial charge in [0.2, 0.25) is 0 Å². The molecule has 0 aromatic heterocycles. The van der Waals surface area contributed by atoms with Crippen molar-refractivity contribution < 1.29 is 0 Å². The summed E-state index contributed by atoms with van der Waals surface area (Å²) in [4.78, 5) is 2.18. The fourth-order valence-electron chi connectivity index (χ4n) is 1.41. The Morgan fingerprint density at radius 3 is 1.27 bits per heavy atom. The minimum atomic E-state index is 0.291. The lowest BCUT2D eigenvalue weighted by atomic mass is 10.0. The highest BCUT2D eigenvalue weighted by Gasteiger charge is 2.18. The maximum Gasteiger partial charge on any atom is 0.0182 e. The number of likely N-dealkylation sites (N-methyl/N-ethyl adjacent to an activating group) is 1. The van der Waals surface area contributed by atoms with E-state index in [9.17, 15) is 0 Å². The molecule has 0 spiro atoms. The second-order valence-corrected chi connectivity index (χ2v) is 2.98. The highest BCUT2D eigenvalue weighted by Crippen LogP contribution is 2.03. The van der Waals surface area contributed by atoms with E-state index in [-0.39, 0.29) is 0 Å². The van der Waals surface area contributed by atoms with Crippen molar-refractivity contribution in [3.8, 4) is 0 Å². The van der Waals surface area contributed by atoms with Crippen molar-refractivity contribution in [3.63, 3.8) is 0 Å². The molecule has 1 heterocycles. The number of hydrogen-bond donors (Lipinski definition) is 2. The van der Waals surface area contributed by atoms with Crippen LogP contribution in [0.15, 0.2) is 0 Å². The zero-order chi connectivity index (χ0) is 12.9. The summed E-state index contributed by atoms with van der Waals surface area (Å²) in [5, 5.41) is 0. The van der Waals surface area contributed by atoms with Crippen LogP contribution in [0.2, 0.25) is 0 Å². The van der Waals surface area contributed by atoms with E-state index in [1.54, 1.807) is 0 Å². The summed E-state index contributed by atoms with van der Waals surface area (Å²) < 4.78 is 0. The molecule has 4 N–H and O–H groups in total. The molecule has 0 amide bonds. The van der Waals surface area contributed by atoms with Gasteiger partial charge in [0.1, 0.15) is 0 Å². The molecular formula is C12H33N3. The first kappa shape index (κ1) is 20.3. The summed E-state index contributed by atoms with van der Waals surface area (Å²) in [5.74, 6) is 0. The van der Waals surface area contributed by atoms with Gasteiger partial charge in [0, 0.05) is 25.2 Å². The van der Waals surface area contributed by atoms with E-state index in [0.717, 1.165) is 19.5 Å². The summed E-state index contributed by atoms with van der Waals surface area (Å²) in [7, 11) is 2.05. The molecule has 0 aliphatic carbocycles. The number of nitrogens with zero attached hydrogens (tertiary/aromatic N) is 1. The van der Waals surface area contributed by atoms with Crippen LogP contribution >= 0.6 is 0 Å². The Bertz CT molecular complexity index is 71.8. The van der Waals surface area contributed by atoms with E-state index in [1.807, 2.05) is 41.5 Å². The van der Waals surface area contributed by atoms with E-state index < -0.39 is 0 Å². The Balaban J connectivity index is -0.000000208. The Morgan fingerprint density at radius 1 is 0.800 bits per heavy atom. The quantitative estimate of drug-likeness (QED) is 0.655. The average Bonchev–Trinajstić information content (AvgIpc) is 2.24. The Morgan fingerprint density at radius 2 is 1.07 bits per heavy atom. The van der Waals surface area contributed by atoms with E-state index in [1.165, 1.54) is 0 Å². The van der Waals surface area contributed by atoms with Gasteiger partial charge in [-0.25, -0.2) is 0 Å². The molecule has 0 radical (unpaired) electrons. The number of nitrogens with two attached hydrogens (primary N) is 2. The molecular weight excluding hydrogens is 186 g/mol. The summed E-state index contributed by atoms with van der Waals surface area (Å²) in [6.45, 7) is 14.0. The van der Waals surface area contributed by atoms with Gasteiger partial charge in [0.25, 0.3) is 0 Å². The molecule has 3 heteroatoms. The van der Waals surface area contributed by atoms with Crippen LogP contribution in [0.4, 0.5) is 0 Å². The summed E-state index contributed by atoms with van der Waals surface area (Å²) in [5.41, 5.74) is 11.4. The molecule has 0 aromatic rings. The molecule has 1 fully saturated rings. The monoisotopic (exact) mass is 219 g/mol. The maximum atomic E-state index is 5.69. The molecule has 96 valence electrons. The van der Waals surface area contributed by atoms with E-state index >= 15 is 0 Å². The van der Waals surface area contributed by atoms with Gasteiger partial charge in [-0.2, -0.15) is 0 Å². The van der Waals surface area contributed by atoms with Crippen LogP contribution < -0.4 is 11.5 Å². The largest absolute Gasteiger partial charge is 0.326 e. The zero-order valence-electron chi connectivity index (χ0n) is 11.9. The van der Waals surface area contributed by atoms with Crippen LogP contribution in [0.1, 0.15) is 48.0 Å². The van der Waals surface area contributed by atoms with Gasteiger partial charge in [-0.15, -0.1) is 0 Å². The van der Waals surface area contributed by atoms with Crippen LogP contribution in [0.3, 0.4) is 0 Å². The third-order valence-electron chi connectivity index (χ3n) is 1.70. The first-order valence-electron chi connectivity index (χ1n) is 6.38. The van der Waals surface area contributed by atoms with Crippen LogP contribution in [-0.4, -0.2) is 37.1 Å². The molecule has 1 rings (SSSR count). The van der Waals surface area contributed by atoms with Gasteiger partial charge in [0.15, 0.2) is 0 Å². The Kier molecular flexibility index (Phi) is 22.1. The second kappa shape index (κ2) is 16.3. The van der Waals surface area contributed by atoms with Crippen molar-refractivity contribution >= 4 is 0 Å². The fourth-order valence-corrected chi connectivity index (χ4v) is 1.41. The lowest BCUT2D eigenvalue weighted by Crippen LogP contribution is -2.50. The molecule has 15 heavy (non-hydrogen) atoms. The predicted octanol–water partition coefficient (Wildman–Crippen LogP) is 2.06. The minimum absolute atomic E-state index is 0.291. The van der Waals surface area contributed by atoms with Crippen LogP contribution in [-0.2, 0) is 0 Å². The Labute approximate surface area is 97.2 Å². The molecule has 2 atom stereocenters. The molecule has 0 saturated carbocycles. The highest BCUT2D eigenvalue weighted by atomic mass is 15.1. The summed E-state index contributed by atoms with van der Waals surface area (Å²) in [6.07, 6.45) is 0.977. The molecule has 1 aliphatic heterocycles. The number of likely N-dealkylation sites (tertiary alicyclic amines) is 1. The molecule has 1 saturated heterocycles. The lowest BCUT2D eigenvalue weighted by molar-refractivity contribution is 0.228. The number of rotatable bonds is 0. The van der Waals surface area contributed by atoms with Gasteiger partial charge < -0.3 is 16.4 Å². The number of piperidine rings is 1. The number of hydrogen-bond acceptors (Lipinski definition) is 3. The average molecular weight is 219 g/mol. The maximum absolute atomic E-state index is 5.69. The molecule has 0 bridgehead atoms. The minimum Gasteiger partial charge on any atom is -0.326 e. The van der Waals surface area contributed by atoms with Crippen molar-refractivity contribution in [2.45, 2.75) is 60.0 Å². The normalized spacial score (nSPS) is 24.6. The van der Waals surface area contributed by atoms with Gasteiger partial charge in [-0.3, -0.25) is 0 Å². The van der Waals surface area contributed by atoms with Crippen molar-refractivity contribution in [1.29, 1.82) is 0 Å². The summed E-state index contributed by atoms with van der Waals surface area (Å²) >= 11 is 0. The zero-order valence-corrected chi connectivity index (χ0v) is 11.9. The first-order chi connectivity index (χ1) is 7.18. The SMILES string of the molecule is CC.CC.CC.CN1CC(N)CC(N)C1. The van der Waals surface area contributed by atoms with Crippen LogP contribution in [0, 0.1) is 0 Å². The summed E-state index contributed by atoms with van der Waals surface area (Å²) in [6, 6.07) is 0.581. The van der Waals surface area contributed by atoms with Gasteiger partial charge in [-0.1, -0.05) is 41.5 Å². The standard InChI is InChI=1S/C6H15N3.3C2H6/c1-9-3-5(7)2-6(8)4-9;3*1-2/h5-6H,2-4,7-8H2,1H3;3*1-2H3. The third kappa shape index (κ3) is 13.9. The van der Waals surface area contributed by atoms with E-state index in [4.69, 9.17) is 11.5 Å². The lowest BCUT2D eigenvalue weighted by Gasteiger charge is -2.31. The third-order valence-corrected chi connectivity index (χ3v) is 1.70. The van der Waals surface area contributed by atoms with Crippen molar-refractivity contribution in [2.75, 3.05) is 20.1 Å². The van der Waals surface area contributed by atoms with Crippen LogP contribution in [0.25, 0.3) is 0 Å². The van der Waals surface area contributed by atoms with Crippen molar-refractivity contribution in [3.05, 3.63) is 0 Å².